The molecule has 22 heavy (non-hydrogen) atoms. The summed E-state index contributed by atoms with van der Waals surface area (Å²) in [6.07, 6.45) is 5.79. The van der Waals surface area contributed by atoms with Gasteiger partial charge >= 0.3 is 20.4 Å². The van der Waals surface area contributed by atoms with Crippen LogP contribution in [0.1, 0.15) is 6.92 Å². The van der Waals surface area contributed by atoms with E-state index in [-0.39, 0.29) is 9.51 Å². The molecule has 13 nitrogen and oxygen atoms in total. The summed E-state index contributed by atoms with van der Waals surface area (Å²) in [5.41, 5.74) is 2.16. The molecular weight excluding hydrogens is 338 g/mol. The second kappa shape index (κ2) is 7.27. The number of nitrogens with one attached hydrogen (secondary N) is 2. The van der Waals surface area contributed by atoms with Crippen LogP contribution in [0.5, 0.6) is 0 Å². The normalized spacial score (nSPS) is 11.8. The van der Waals surface area contributed by atoms with E-state index in [0.717, 1.165) is 0 Å². The SMILES string of the molecule is CCn1cc(NN(S(N)(=O)=O)S(N)(=O)=O)cn1.c1cn[nH]n1. The molecule has 2 aromatic heterocycles. The van der Waals surface area contributed by atoms with E-state index in [9.17, 15) is 16.8 Å². The lowest BCUT2D eigenvalue weighted by molar-refractivity contribution is 0.525. The first-order valence-corrected chi connectivity index (χ1v) is 8.60. The van der Waals surface area contributed by atoms with Crippen molar-refractivity contribution in [1.29, 1.82) is 0 Å². The molecule has 0 bridgehead atoms. The average Bonchev–Trinajstić information content (AvgIpc) is 3.07. The summed E-state index contributed by atoms with van der Waals surface area (Å²) in [7, 11) is -9.09. The fourth-order valence-electron chi connectivity index (χ4n) is 1.14. The molecule has 2 rings (SSSR count). The highest BCUT2D eigenvalue weighted by Crippen LogP contribution is 2.09. The molecule has 124 valence electrons. The highest BCUT2D eigenvalue weighted by Gasteiger charge is 2.29. The Labute approximate surface area is 126 Å². The van der Waals surface area contributed by atoms with E-state index in [1.807, 2.05) is 5.43 Å². The van der Waals surface area contributed by atoms with Crippen LogP contribution in [0.4, 0.5) is 5.69 Å². The predicted octanol–water partition coefficient (Wildman–Crippen LogP) is -2.26. The molecule has 0 saturated carbocycles. The lowest BCUT2D eigenvalue weighted by Crippen LogP contribution is -2.48. The van der Waals surface area contributed by atoms with E-state index in [1.54, 1.807) is 19.3 Å². The van der Waals surface area contributed by atoms with Gasteiger partial charge in [0.15, 0.2) is 0 Å². The molecule has 2 aromatic rings. The van der Waals surface area contributed by atoms with Crippen LogP contribution in [-0.4, -0.2) is 45.8 Å². The van der Waals surface area contributed by atoms with Gasteiger partial charge in [0.1, 0.15) is 0 Å². The number of hydrogen-bond acceptors (Lipinski definition) is 8. The summed E-state index contributed by atoms with van der Waals surface area (Å²) in [6, 6.07) is 0. The van der Waals surface area contributed by atoms with Crippen molar-refractivity contribution in [3.8, 4) is 0 Å². The van der Waals surface area contributed by atoms with Crippen molar-refractivity contribution >= 4 is 26.1 Å². The van der Waals surface area contributed by atoms with Crippen LogP contribution in [0.15, 0.2) is 24.8 Å². The highest BCUT2D eigenvalue weighted by molar-refractivity contribution is 8.01. The summed E-state index contributed by atoms with van der Waals surface area (Å²) < 4.78 is 45.3. The minimum atomic E-state index is -4.55. The Kier molecular flexibility index (Phi) is 5.94. The number of H-pyrrole nitrogens is 1. The van der Waals surface area contributed by atoms with Crippen molar-refractivity contribution in [3.05, 3.63) is 24.8 Å². The van der Waals surface area contributed by atoms with Gasteiger partial charge in [0, 0.05) is 16.6 Å². The van der Waals surface area contributed by atoms with E-state index < -0.39 is 20.4 Å². The van der Waals surface area contributed by atoms with Crippen LogP contribution in [0.25, 0.3) is 0 Å². The molecule has 0 aliphatic rings. The average molecular weight is 353 g/mol. The van der Waals surface area contributed by atoms with E-state index in [1.165, 1.54) is 17.1 Å². The zero-order chi connectivity index (χ0) is 16.8. The van der Waals surface area contributed by atoms with Crippen molar-refractivity contribution in [2.75, 3.05) is 5.43 Å². The van der Waals surface area contributed by atoms with Crippen LogP contribution in [0.2, 0.25) is 0 Å². The number of anilines is 1. The minimum Gasteiger partial charge on any atom is -0.286 e. The van der Waals surface area contributed by atoms with Crippen molar-refractivity contribution in [1.82, 2.24) is 29.0 Å². The third-order valence-corrected chi connectivity index (χ3v) is 4.32. The first kappa shape index (κ1) is 18.0. The van der Waals surface area contributed by atoms with Gasteiger partial charge in [-0.1, -0.05) is 0 Å². The third kappa shape index (κ3) is 5.74. The number of rotatable bonds is 5. The minimum absolute atomic E-state index is 0.120. The summed E-state index contributed by atoms with van der Waals surface area (Å²) >= 11 is 0. The molecule has 0 aliphatic carbocycles. The van der Waals surface area contributed by atoms with Crippen molar-refractivity contribution in [2.24, 2.45) is 10.3 Å². The second-order valence-electron chi connectivity index (χ2n) is 3.64. The molecular formula is C7H15N9O4S2. The first-order chi connectivity index (χ1) is 10.1. The number of aryl methyl sites for hydroxylation is 1. The smallest absolute Gasteiger partial charge is 0.286 e. The Bertz CT molecular complexity index is 718. The number of aromatic amines is 1. The van der Waals surface area contributed by atoms with Crippen LogP contribution >= 0.6 is 0 Å². The molecule has 0 radical (unpaired) electrons. The quantitative estimate of drug-likeness (QED) is 0.432. The van der Waals surface area contributed by atoms with Gasteiger partial charge in [-0.2, -0.15) is 37.3 Å². The molecule has 0 aromatic carbocycles. The molecule has 0 aliphatic heterocycles. The highest BCUT2D eigenvalue weighted by atomic mass is 32.3. The topological polar surface area (TPSA) is 195 Å². The van der Waals surface area contributed by atoms with Gasteiger partial charge in [0.25, 0.3) is 0 Å². The largest absolute Gasteiger partial charge is 0.309 e. The fourth-order valence-corrected chi connectivity index (χ4v) is 2.76. The van der Waals surface area contributed by atoms with Crippen molar-refractivity contribution in [3.63, 3.8) is 0 Å². The maximum absolute atomic E-state index is 11.0. The Hall–Kier alpha value is -2.07. The van der Waals surface area contributed by atoms with E-state index in [4.69, 9.17) is 10.3 Å². The van der Waals surface area contributed by atoms with Crippen molar-refractivity contribution in [2.45, 2.75) is 13.5 Å². The van der Waals surface area contributed by atoms with Gasteiger partial charge in [-0.15, -0.1) is 0 Å². The summed E-state index contributed by atoms with van der Waals surface area (Å²) in [5, 5.41) is 22.5. The van der Waals surface area contributed by atoms with Gasteiger partial charge < -0.3 is 0 Å². The predicted molar refractivity (Wildman–Crippen MR) is 76.0 cm³/mol. The standard InChI is InChI=1S/C5H12N6O4S2.C2H3N3/c1-2-10-4-5(3-8-10)9-11(16(6,12)13)17(7,14)15;1-2-4-5-3-1/h3-4,9H,2H2,1H3,(H2,6,12,13)(H2,7,14,15);1-2H,(H,3,4,5). The molecule has 15 heteroatoms. The Morgan fingerprint density at radius 3 is 2.09 bits per heavy atom. The Morgan fingerprint density at radius 1 is 1.23 bits per heavy atom. The lowest BCUT2D eigenvalue weighted by Gasteiger charge is -2.16. The van der Waals surface area contributed by atoms with E-state index in [2.05, 4.69) is 20.5 Å². The summed E-state index contributed by atoms with van der Waals surface area (Å²) in [6.45, 7) is 2.33. The monoisotopic (exact) mass is 353 g/mol. The van der Waals surface area contributed by atoms with Crippen LogP contribution < -0.4 is 15.7 Å². The number of aromatic nitrogens is 5. The lowest BCUT2D eigenvalue weighted by atomic mass is 10.6. The van der Waals surface area contributed by atoms with Gasteiger partial charge in [-0.25, -0.2) is 10.3 Å². The summed E-state index contributed by atoms with van der Waals surface area (Å²) in [5.74, 6) is 0. The van der Waals surface area contributed by atoms with Crippen molar-refractivity contribution < 1.29 is 16.8 Å². The molecule has 0 unspecified atom stereocenters. The molecule has 0 spiro atoms. The number of nitrogens with zero attached hydrogens (tertiary/aromatic N) is 5. The zero-order valence-corrected chi connectivity index (χ0v) is 13.0. The van der Waals surface area contributed by atoms with Gasteiger partial charge in [-0.05, 0) is 6.92 Å². The molecule has 0 saturated heterocycles. The van der Waals surface area contributed by atoms with Crippen LogP contribution in [-0.2, 0) is 27.0 Å². The molecule has 0 fully saturated rings. The number of hydrogen-bond donors (Lipinski definition) is 4. The zero-order valence-electron chi connectivity index (χ0n) is 11.4. The fraction of sp³-hybridized carbons (Fsp3) is 0.286. The summed E-state index contributed by atoms with van der Waals surface area (Å²) in [4.78, 5) is 0. The number of hydrazine groups is 1. The van der Waals surface area contributed by atoms with E-state index in [0.29, 0.717) is 6.54 Å². The Morgan fingerprint density at radius 2 is 1.77 bits per heavy atom. The molecule has 6 N–H and O–H groups in total. The van der Waals surface area contributed by atoms with Crippen LogP contribution in [0.3, 0.4) is 0 Å². The maximum atomic E-state index is 11.0. The van der Waals surface area contributed by atoms with E-state index >= 15 is 0 Å². The molecule has 2 heterocycles. The second-order valence-corrected chi connectivity index (χ2v) is 6.66. The Balaban J connectivity index is 0.000000406. The maximum Gasteiger partial charge on any atom is 0.309 e. The third-order valence-electron chi connectivity index (χ3n) is 1.97. The van der Waals surface area contributed by atoms with Crippen LogP contribution in [0, 0.1) is 0 Å². The molecule has 0 atom stereocenters. The first-order valence-electron chi connectivity index (χ1n) is 5.59. The molecule has 0 amide bonds. The van der Waals surface area contributed by atoms with Gasteiger partial charge in [0.2, 0.25) is 0 Å². The van der Waals surface area contributed by atoms with Gasteiger partial charge in [0.05, 0.1) is 24.3 Å². The van der Waals surface area contributed by atoms with Gasteiger partial charge in [-0.3, -0.25) is 10.1 Å². The number of nitrogens with two attached hydrogens (primary N) is 2.